The van der Waals surface area contributed by atoms with Gasteiger partial charge in [-0.25, -0.2) is 18.2 Å². The number of halogens is 2. The summed E-state index contributed by atoms with van der Waals surface area (Å²) in [6.07, 6.45) is -0.858. The predicted molar refractivity (Wildman–Crippen MR) is 216 cm³/mol. The molecule has 0 saturated carbocycles. The highest BCUT2D eigenvalue weighted by Gasteiger charge is 2.43. The van der Waals surface area contributed by atoms with Crippen molar-refractivity contribution in [3.8, 4) is 35.2 Å². The van der Waals surface area contributed by atoms with E-state index in [1.165, 1.54) is 6.92 Å². The van der Waals surface area contributed by atoms with Crippen LogP contribution in [0.1, 0.15) is 51.6 Å². The number of hydrogen-bond acceptors (Lipinski definition) is 11. The average Bonchev–Trinajstić information content (AvgIpc) is 3.57. The van der Waals surface area contributed by atoms with Crippen molar-refractivity contribution in [1.82, 2.24) is 14.6 Å². The second-order valence-corrected chi connectivity index (χ2v) is 17.3. The summed E-state index contributed by atoms with van der Waals surface area (Å²) in [6, 6.07) is 21.7. The van der Waals surface area contributed by atoms with Gasteiger partial charge in [0.15, 0.2) is 26.9 Å². The summed E-state index contributed by atoms with van der Waals surface area (Å²) in [5.74, 6) is 4.86. The van der Waals surface area contributed by atoms with Crippen LogP contribution in [0.2, 0.25) is 10.0 Å². The molecule has 58 heavy (non-hydrogen) atoms. The predicted octanol–water partition coefficient (Wildman–Crippen LogP) is 6.43. The number of aryl methyl sites for hydroxylation is 1. The number of sulfonamides is 1. The van der Waals surface area contributed by atoms with E-state index in [1.807, 2.05) is 36.4 Å². The molecule has 2 aliphatic rings. The van der Waals surface area contributed by atoms with E-state index >= 15 is 0 Å². The quantitative estimate of drug-likeness (QED) is 0.131. The maximum atomic E-state index is 14.3. The molecular formula is C41H33Cl2N5O8S2. The minimum absolute atomic E-state index is 0.0398. The number of carbonyl (C=O) groups excluding carboxylic acids is 1. The zero-order chi connectivity index (χ0) is 41.1. The highest BCUT2D eigenvalue weighted by atomic mass is 35.5. The molecule has 0 saturated heterocycles. The van der Waals surface area contributed by atoms with E-state index in [9.17, 15) is 23.1 Å². The van der Waals surface area contributed by atoms with Gasteiger partial charge in [-0.15, -0.1) is 0 Å². The Morgan fingerprint density at radius 3 is 2.45 bits per heavy atom. The number of nitriles is 1. The van der Waals surface area contributed by atoms with Gasteiger partial charge in [-0.2, -0.15) is 9.57 Å². The van der Waals surface area contributed by atoms with Crippen LogP contribution in [0.3, 0.4) is 0 Å². The van der Waals surface area contributed by atoms with E-state index in [1.54, 1.807) is 48.5 Å². The van der Waals surface area contributed by atoms with Crippen LogP contribution in [-0.4, -0.2) is 53.4 Å². The van der Waals surface area contributed by atoms with Crippen LogP contribution in [0, 0.1) is 30.1 Å². The van der Waals surface area contributed by atoms with Gasteiger partial charge in [-0.1, -0.05) is 64.6 Å². The Labute approximate surface area is 347 Å². The number of rotatable bonds is 10. The topological polar surface area (TPSA) is 194 Å². The lowest BCUT2D eigenvalue weighted by atomic mass is 9.94. The molecular weight excluding hydrogens is 826 g/mol. The van der Waals surface area contributed by atoms with Crippen molar-refractivity contribution in [2.75, 3.05) is 12.3 Å². The first-order valence-electron chi connectivity index (χ1n) is 17.7. The molecule has 3 heterocycles. The zero-order valence-electron chi connectivity index (χ0n) is 30.6. The Hall–Kier alpha value is -5.81. The van der Waals surface area contributed by atoms with Gasteiger partial charge in [0.05, 0.1) is 27.4 Å². The normalized spacial score (nSPS) is 16.5. The Kier molecular flexibility index (Phi) is 11.8. The smallest absolute Gasteiger partial charge is 0.327 e. The molecule has 7 rings (SSSR count). The molecule has 3 atom stereocenters. The molecule has 0 aliphatic carbocycles. The van der Waals surface area contributed by atoms with Gasteiger partial charge in [-0.3, -0.25) is 4.79 Å². The summed E-state index contributed by atoms with van der Waals surface area (Å²) in [5, 5.41) is 22.5. The molecule has 1 amide bonds. The number of nitrogens with zero attached hydrogens (tertiary/aromatic N) is 3. The van der Waals surface area contributed by atoms with Gasteiger partial charge in [-0.05, 0) is 96.3 Å². The number of aromatic nitrogens is 1. The summed E-state index contributed by atoms with van der Waals surface area (Å²) in [4.78, 5) is 30.4. The van der Waals surface area contributed by atoms with Crippen LogP contribution in [0.25, 0.3) is 0 Å². The Morgan fingerprint density at radius 1 is 1.05 bits per heavy atom. The monoisotopic (exact) mass is 857 g/mol. The number of carbonyl (C=O) groups is 2. The van der Waals surface area contributed by atoms with Crippen molar-refractivity contribution in [3.63, 3.8) is 0 Å². The standard InChI is InChI=1S/C41H33Cl2N5O8S2/c1-23-40(57-41(45)46-23)58(52,53)48-20-29-18-36-35(55-22-37(56-36)27-10-12-30(13-11-27)54-21-26-9-14-31(42)32(43)15-26)17-28(29)16-34(48)38(49)47-33(39(50)51)4-2-3-24-5-7-25(19-44)8-6-24/h5-15,17-18,33-34,37H,4,16,20-22H2,1H3,(H2,45,46)(H,47,49)(H,50,51). The van der Waals surface area contributed by atoms with Gasteiger partial charge >= 0.3 is 5.97 Å². The number of aliphatic carboxylic acids is 1. The van der Waals surface area contributed by atoms with E-state index in [2.05, 4.69) is 22.1 Å². The highest BCUT2D eigenvalue weighted by Crippen LogP contribution is 2.42. The highest BCUT2D eigenvalue weighted by molar-refractivity contribution is 7.91. The van der Waals surface area contributed by atoms with Crippen molar-refractivity contribution < 1.29 is 37.3 Å². The summed E-state index contributed by atoms with van der Waals surface area (Å²) in [6.45, 7) is 1.74. The van der Waals surface area contributed by atoms with Gasteiger partial charge in [0.1, 0.15) is 31.0 Å². The number of fused-ring (bicyclic) bond motifs is 2. The Bertz CT molecular complexity index is 2620. The zero-order valence-corrected chi connectivity index (χ0v) is 33.7. The molecule has 0 fully saturated rings. The molecule has 296 valence electrons. The van der Waals surface area contributed by atoms with Crippen molar-refractivity contribution in [2.45, 2.75) is 55.3 Å². The number of nitrogens with one attached hydrogen (secondary N) is 1. The van der Waals surface area contributed by atoms with Crippen molar-refractivity contribution in [2.24, 2.45) is 0 Å². The molecule has 3 unspecified atom stereocenters. The fourth-order valence-corrected chi connectivity index (χ4v) is 9.74. The lowest BCUT2D eigenvalue weighted by molar-refractivity contribution is -0.142. The van der Waals surface area contributed by atoms with Gasteiger partial charge in [0.25, 0.3) is 10.0 Å². The van der Waals surface area contributed by atoms with Crippen molar-refractivity contribution in [3.05, 3.63) is 128 Å². The molecule has 4 aromatic carbocycles. The third kappa shape index (κ3) is 8.84. The van der Waals surface area contributed by atoms with Gasteiger partial charge in [0, 0.05) is 18.5 Å². The van der Waals surface area contributed by atoms with Crippen molar-refractivity contribution in [1.29, 1.82) is 5.26 Å². The van der Waals surface area contributed by atoms with Gasteiger partial charge in [0.2, 0.25) is 5.91 Å². The lowest BCUT2D eigenvalue weighted by Crippen LogP contribution is -2.55. The number of nitrogens with two attached hydrogens (primary N) is 1. The summed E-state index contributed by atoms with van der Waals surface area (Å²) in [5.41, 5.74) is 9.92. The van der Waals surface area contributed by atoms with Crippen LogP contribution >= 0.6 is 34.5 Å². The molecule has 0 bridgehead atoms. The summed E-state index contributed by atoms with van der Waals surface area (Å²) < 4.78 is 47.9. The number of carboxylic acid groups (broad SMARTS) is 1. The number of thiazole rings is 1. The maximum absolute atomic E-state index is 14.3. The van der Waals surface area contributed by atoms with Crippen LogP contribution < -0.4 is 25.3 Å². The minimum Gasteiger partial charge on any atom is -0.489 e. The lowest BCUT2D eigenvalue weighted by Gasteiger charge is -2.36. The van der Waals surface area contributed by atoms with Crippen LogP contribution in [-0.2, 0) is 39.2 Å². The molecule has 0 radical (unpaired) electrons. The SMILES string of the molecule is Cc1nc(N)sc1S(=O)(=O)N1Cc2cc3c(cc2CC1C(=O)NC(CC#Cc1ccc(C#N)cc1)C(=O)O)OCC(c1ccc(OCc2ccc(Cl)c(Cl)c2)cc1)O3. The maximum Gasteiger partial charge on any atom is 0.327 e. The van der Waals surface area contributed by atoms with E-state index in [0.29, 0.717) is 56.2 Å². The van der Waals surface area contributed by atoms with E-state index in [0.717, 1.165) is 26.8 Å². The number of hydrogen-bond donors (Lipinski definition) is 3. The second-order valence-electron chi connectivity index (χ2n) is 13.4. The van der Waals surface area contributed by atoms with E-state index in [4.69, 9.17) is 48.4 Å². The first-order valence-corrected chi connectivity index (χ1v) is 20.7. The number of benzene rings is 4. The van der Waals surface area contributed by atoms with Crippen molar-refractivity contribution >= 4 is 61.6 Å². The molecule has 0 spiro atoms. The molecule has 2 aliphatic heterocycles. The largest absolute Gasteiger partial charge is 0.489 e. The minimum atomic E-state index is -4.38. The van der Waals surface area contributed by atoms with E-state index < -0.39 is 40.1 Å². The molecule has 13 nitrogen and oxygen atoms in total. The fraction of sp³-hybridized carbons (Fsp3) is 0.220. The molecule has 4 N–H and O–H groups in total. The summed E-state index contributed by atoms with van der Waals surface area (Å²) in [7, 11) is -4.38. The Balaban J connectivity index is 1.10. The Morgan fingerprint density at radius 2 is 1.78 bits per heavy atom. The average molecular weight is 859 g/mol. The fourth-order valence-electron chi connectivity index (χ4n) is 6.44. The number of ether oxygens (including phenoxy) is 3. The second kappa shape index (κ2) is 17.0. The van der Waals surface area contributed by atoms with E-state index in [-0.39, 0.29) is 41.0 Å². The molecule has 1 aromatic heterocycles. The van der Waals surface area contributed by atoms with Gasteiger partial charge < -0.3 is 30.4 Å². The first kappa shape index (κ1) is 40.4. The number of nitrogen functional groups attached to an aromatic ring is 1. The molecule has 17 heteroatoms. The van der Waals surface area contributed by atoms with Crippen LogP contribution in [0.15, 0.2) is 83.1 Å². The third-order valence-corrected chi connectivity index (χ3v) is 13.6. The molecule has 5 aromatic rings. The third-order valence-electron chi connectivity index (χ3n) is 9.44. The van der Waals surface area contributed by atoms with Crippen LogP contribution in [0.4, 0.5) is 5.13 Å². The first-order chi connectivity index (χ1) is 27.8. The summed E-state index contributed by atoms with van der Waals surface area (Å²) >= 11 is 12.9. The number of amides is 1. The number of anilines is 1. The van der Waals surface area contributed by atoms with Crippen LogP contribution in [0.5, 0.6) is 17.2 Å². The number of carboxylic acids is 1.